The van der Waals surface area contributed by atoms with Crippen LogP contribution in [0.2, 0.25) is 5.02 Å². The Bertz CT molecular complexity index is 817. The van der Waals surface area contributed by atoms with Gasteiger partial charge >= 0.3 is 0 Å². The van der Waals surface area contributed by atoms with Crippen LogP contribution in [0.5, 0.6) is 11.5 Å². The maximum atomic E-state index is 6.04. The minimum absolute atomic E-state index is 0.444. The predicted molar refractivity (Wildman–Crippen MR) is 87.1 cm³/mol. The third-order valence-corrected chi connectivity index (χ3v) is 3.60. The molecule has 2 aromatic carbocycles. The van der Waals surface area contributed by atoms with E-state index in [4.69, 9.17) is 25.5 Å². The fourth-order valence-corrected chi connectivity index (χ4v) is 2.44. The van der Waals surface area contributed by atoms with E-state index in [1.807, 2.05) is 36.4 Å². The van der Waals surface area contributed by atoms with Crippen LogP contribution in [0.25, 0.3) is 11.5 Å². The molecule has 3 rings (SSSR count). The Labute approximate surface area is 138 Å². The molecule has 0 N–H and O–H groups in total. The van der Waals surface area contributed by atoms with Gasteiger partial charge in [-0.25, -0.2) is 0 Å². The fourth-order valence-electron chi connectivity index (χ4n) is 2.25. The van der Waals surface area contributed by atoms with E-state index < -0.39 is 0 Å². The molecule has 118 valence electrons. The van der Waals surface area contributed by atoms with Crippen molar-refractivity contribution in [3.8, 4) is 23.0 Å². The largest absolute Gasteiger partial charge is 0.497 e. The summed E-state index contributed by atoms with van der Waals surface area (Å²) >= 11 is 6.04. The van der Waals surface area contributed by atoms with E-state index in [1.54, 1.807) is 20.3 Å². The van der Waals surface area contributed by atoms with Crippen LogP contribution in [0, 0.1) is 0 Å². The van der Waals surface area contributed by atoms with E-state index in [-0.39, 0.29) is 0 Å². The SMILES string of the molecule is COc1cccc(-c2nnc(Cc3cc(Cl)ccc3OC)o2)c1. The summed E-state index contributed by atoms with van der Waals surface area (Å²) in [5.41, 5.74) is 1.70. The van der Waals surface area contributed by atoms with Gasteiger partial charge in [-0.05, 0) is 36.4 Å². The maximum Gasteiger partial charge on any atom is 0.247 e. The molecular formula is C17H15ClN2O3. The highest BCUT2D eigenvalue weighted by molar-refractivity contribution is 6.30. The molecule has 0 radical (unpaired) electrons. The van der Waals surface area contributed by atoms with Crippen molar-refractivity contribution >= 4 is 11.6 Å². The molecule has 5 nitrogen and oxygen atoms in total. The molecule has 3 aromatic rings. The first kappa shape index (κ1) is 15.4. The first-order valence-corrected chi connectivity index (χ1v) is 7.36. The lowest BCUT2D eigenvalue weighted by molar-refractivity contribution is 0.408. The topological polar surface area (TPSA) is 57.4 Å². The number of aromatic nitrogens is 2. The highest BCUT2D eigenvalue weighted by atomic mass is 35.5. The fraction of sp³-hybridized carbons (Fsp3) is 0.176. The molecule has 0 amide bonds. The zero-order chi connectivity index (χ0) is 16.2. The smallest absolute Gasteiger partial charge is 0.247 e. The second-order valence-corrected chi connectivity index (χ2v) is 5.30. The van der Waals surface area contributed by atoms with E-state index in [0.717, 1.165) is 22.6 Å². The van der Waals surface area contributed by atoms with Gasteiger partial charge in [0.2, 0.25) is 11.8 Å². The van der Waals surface area contributed by atoms with Crippen molar-refractivity contribution < 1.29 is 13.9 Å². The average molecular weight is 331 g/mol. The minimum atomic E-state index is 0.444. The van der Waals surface area contributed by atoms with Crippen molar-refractivity contribution in [3.05, 3.63) is 58.9 Å². The van der Waals surface area contributed by atoms with E-state index in [1.165, 1.54) is 0 Å². The van der Waals surface area contributed by atoms with Crippen molar-refractivity contribution in [3.63, 3.8) is 0 Å². The molecule has 0 aliphatic rings. The van der Waals surface area contributed by atoms with Gasteiger partial charge in [-0.2, -0.15) is 0 Å². The van der Waals surface area contributed by atoms with Crippen LogP contribution in [-0.2, 0) is 6.42 Å². The molecule has 0 atom stereocenters. The van der Waals surface area contributed by atoms with E-state index in [2.05, 4.69) is 10.2 Å². The van der Waals surface area contributed by atoms with Crippen LogP contribution in [0.4, 0.5) is 0 Å². The number of halogens is 1. The Hall–Kier alpha value is -2.53. The van der Waals surface area contributed by atoms with Gasteiger partial charge in [0.05, 0.1) is 20.6 Å². The molecular weight excluding hydrogens is 316 g/mol. The van der Waals surface area contributed by atoms with Crippen LogP contribution in [0.3, 0.4) is 0 Å². The van der Waals surface area contributed by atoms with Gasteiger partial charge in [0, 0.05) is 16.1 Å². The molecule has 0 bridgehead atoms. The van der Waals surface area contributed by atoms with Gasteiger partial charge in [0.1, 0.15) is 11.5 Å². The quantitative estimate of drug-likeness (QED) is 0.707. The maximum absolute atomic E-state index is 6.04. The number of methoxy groups -OCH3 is 2. The van der Waals surface area contributed by atoms with Gasteiger partial charge in [-0.15, -0.1) is 10.2 Å². The van der Waals surface area contributed by atoms with Crippen molar-refractivity contribution in [1.29, 1.82) is 0 Å². The third kappa shape index (κ3) is 3.46. The van der Waals surface area contributed by atoms with Gasteiger partial charge in [-0.3, -0.25) is 0 Å². The highest BCUT2D eigenvalue weighted by Crippen LogP contribution is 2.27. The molecule has 1 aromatic heterocycles. The molecule has 0 fully saturated rings. The Balaban J connectivity index is 1.86. The van der Waals surface area contributed by atoms with E-state index in [0.29, 0.717) is 23.2 Å². The Kier molecular flexibility index (Phi) is 4.48. The summed E-state index contributed by atoms with van der Waals surface area (Å²) in [5.74, 6) is 2.40. The molecule has 0 aliphatic heterocycles. The first-order valence-electron chi connectivity index (χ1n) is 6.99. The molecule has 0 spiro atoms. The number of hydrogen-bond donors (Lipinski definition) is 0. The number of nitrogens with zero attached hydrogens (tertiary/aromatic N) is 2. The zero-order valence-electron chi connectivity index (χ0n) is 12.7. The van der Waals surface area contributed by atoms with Crippen molar-refractivity contribution in [1.82, 2.24) is 10.2 Å². The number of ether oxygens (including phenoxy) is 2. The summed E-state index contributed by atoms with van der Waals surface area (Å²) < 4.78 is 16.3. The zero-order valence-corrected chi connectivity index (χ0v) is 13.5. The lowest BCUT2D eigenvalue weighted by Gasteiger charge is -2.06. The second-order valence-electron chi connectivity index (χ2n) is 4.87. The average Bonchev–Trinajstić information content (AvgIpc) is 3.04. The molecule has 1 heterocycles. The van der Waals surface area contributed by atoms with Crippen LogP contribution >= 0.6 is 11.6 Å². The number of hydrogen-bond acceptors (Lipinski definition) is 5. The Morgan fingerprint density at radius 3 is 2.70 bits per heavy atom. The Morgan fingerprint density at radius 1 is 1.04 bits per heavy atom. The standard InChI is InChI=1S/C17H15ClN2O3/c1-21-14-5-3-4-11(9-14)17-20-19-16(23-17)10-12-8-13(18)6-7-15(12)22-2/h3-9H,10H2,1-2H3. The van der Waals surface area contributed by atoms with Crippen LogP contribution in [-0.4, -0.2) is 24.4 Å². The van der Waals surface area contributed by atoms with E-state index >= 15 is 0 Å². The first-order chi connectivity index (χ1) is 11.2. The Morgan fingerprint density at radius 2 is 1.91 bits per heavy atom. The molecule has 6 heteroatoms. The number of benzene rings is 2. The van der Waals surface area contributed by atoms with Gasteiger partial charge in [-0.1, -0.05) is 17.7 Å². The summed E-state index contributed by atoms with van der Waals surface area (Å²) in [6, 6.07) is 12.9. The second kappa shape index (κ2) is 6.71. The van der Waals surface area contributed by atoms with Crippen LogP contribution < -0.4 is 9.47 Å². The minimum Gasteiger partial charge on any atom is -0.497 e. The third-order valence-electron chi connectivity index (χ3n) is 3.37. The monoisotopic (exact) mass is 330 g/mol. The van der Waals surface area contributed by atoms with Gasteiger partial charge in [0.25, 0.3) is 0 Å². The lowest BCUT2D eigenvalue weighted by Crippen LogP contribution is -1.94. The number of rotatable bonds is 5. The van der Waals surface area contributed by atoms with Crippen molar-refractivity contribution in [2.75, 3.05) is 14.2 Å². The van der Waals surface area contributed by atoms with Crippen LogP contribution in [0.15, 0.2) is 46.9 Å². The summed E-state index contributed by atoms with van der Waals surface area (Å²) in [7, 11) is 3.23. The molecule has 0 saturated heterocycles. The molecule has 23 heavy (non-hydrogen) atoms. The summed E-state index contributed by atoms with van der Waals surface area (Å²) in [4.78, 5) is 0. The predicted octanol–water partition coefficient (Wildman–Crippen LogP) is 4.00. The summed E-state index contributed by atoms with van der Waals surface area (Å²) in [5, 5.41) is 8.81. The van der Waals surface area contributed by atoms with Crippen molar-refractivity contribution in [2.24, 2.45) is 0 Å². The molecule has 0 unspecified atom stereocenters. The molecule has 0 saturated carbocycles. The normalized spacial score (nSPS) is 10.6. The summed E-state index contributed by atoms with van der Waals surface area (Å²) in [6.07, 6.45) is 0.445. The van der Waals surface area contributed by atoms with Crippen molar-refractivity contribution in [2.45, 2.75) is 6.42 Å². The molecule has 0 aliphatic carbocycles. The lowest BCUT2D eigenvalue weighted by atomic mass is 10.1. The van der Waals surface area contributed by atoms with Gasteiger partial charge in [0.15, 0.2) is 0 Å². The van der Waals surface area contributed by atoms with E-state index in [9.17, 15) is 0 Å². The van der Waals surface area contributed by atoms with Crippen LogP contribution in [0.1, 0.15) is 11.5 Å². The summed E-state index contributed by atoms with van der Waals surface area (Å²) in [6.45, 7) is 0. The highest BCUT2D eigenvalue weighted by Gasteiger charge is 2.12. The van der Waals surface area contributed by atoms with Gasteiger partial charge < -0.3 is 13.9 Å².